The van der Waals surface area contributed by atoms with Crippen LogP contribution in [0.5, 0.6) is 5.75 Å². The standard InChI is InChI=1S/C14H10ClNO2S/c1-18-11-5-6-19-14(11)13(17)8-7-16-10-4-2-3-9(15)12(8)10/h2-7,16H,1H3. The zero-order chi connectivity index (χ0) is 13.4. The van der Waals surface area contributed by atoms with Gasteiger partial charge in [-0.3, -0.25) is 4.79 Å². The first-order valence-corrected chi connectivity index (χ1v) is 6.90. The fraction of sp³-hybridized carbons (Fsp3) is 0.0714. The van der Waals surface area contributed by atoms with E-state index in [2.05, 4.69) is 4.98 Å². The highest BCUT2D eigenvalue weighted by molar-refractivity contribution is 7.12. The third-order valence-corrected chi connectivity index (χ3v) is 4.16. The molecule has 19 heavy (non-hydrogen) atoms. The molecule has 0 aliphatic carbocycles. The molecular formula is C14H10ClNO2S. The van der Waals surface area contributed by atoms with Gasteiger partial charge in [0.15, 0.2) is 0 Å². The number of ketones is 1. The van der Waals surface area contributed by atoms with Crippen molar-refractivity contribution in [2.45, 2.75) is 0 Å². The van der Waals surface area contributed by atoms with Gasteiger partial charge in [-0.15, -0.1) is 11.3 Å². The molecule has 1 N–H and O–H groups in total. The Kier molecular flexibility index (Phi) is 3.05. The first-order valence-electron chi connectivity index (χ1n) is 5.64. The molecule has 0 atom stereocenters. The lowest BCUT2D eigenvalue weighted by Gasteiger charge is -2.02. The number of carbonyl (C=O) groups excluding carboxylic acids is 1. The Morgan fingerprint density at radius 1 is 1.37 bits per heavy atom. The van der Waals surface area contributed by atoms with Gasteiger partial charge < -0.3 is 9.72 Å². The molecule has 96 valence electrons. The minimum Gasteiger partial charge on any atom is -0.495 e. The molecule has 0 radical (unpaired) electrons. The van der Waals surface area contributed by atoms with E-state index in [9.17, 15) is 4.79 Å². The number of methoxy groups -OCH3 is 1. The van der Waals surface area contributed by atoms with Crippen LogP contribution in [0.25, 0.3) is 10.9 Å². The van der Waals surface area contributed by atoms with Crippen molar-refractivity contribution in [3.8, 4) is 5.75 Å². The maximum atomic E-state index is 12.6. The molecule has 3 aromatic rings. The summed E-state index contributed by atoms with van der Waals surface area (Å²) in [6.07, 6.45) is 1.69. The van der Waals surface area contributed by atoms with Crippen LogP contribution in [0.3, 0.4) is 0 Å². The molecule has 0 fully saturated rings. The topological polar surface area (TPSA) is 42.1 Å². The van der Waals surface area contributed by atoms with Crippen LogP contribution < -0.4 is 4.74 Å². The lowest BCUT2D eigenvalue weighted by Crippen LogP contribution is -2.00. The number of rotatable bonds is 3. The molecule has 0 aliphatic rings. The smallest absolute Gasteiger partial charge is 0.208 e. The quantitative estimate of drug-likeness (QED) is 0.738. The van der Waals surface area contributed by atoms with Crippen LogP contribution in [0.15, 0.2) is 35.8 Å². The van der Waals surface area contributed by atoms with E-state index in [1.165, 1.54) is 11.3 Å². The summed E-state index contributed by atoms with van der Waals surface area (Å²) in [6, 6.07) is 7.30. The summed E-state index contributed by atoms with van der Waals surface area (Å²) >= 11 is 7.55. The maximum absolute atomic E-state index is 12.6. The Bertz CT molecular complexity index is 760. The molecule has 0 spiro atoms. The molecular weight excluding hydrogens is 282 g/mol. The summed E-state index contributed by atoms with van der Waals surface area (Å²) < 4.78 is 5.19. The largest absolute Gasteiger partial charge is 0.495 e. The van der Waals surface area contributed by atoms with Crippen LogP contribution >= 0.6 is 22.9 Å². The molecule has 0 bridgehead atoms. The summed E-state index contributed by atoms with van der Waals surface area (Å²) in [4.78, 5) is 16.2. The number of halogens is 1. The van der Waals surface area contributed by atoms with E-state index in [-0.39, 0.29) is 5.78 Å². The van der Waals surface area contributed by atoms with Crippen molar-refractivity contribution >= 4 is 39.6 Å². The average molecular weight is 292 g/mol. The Morgan fingerprint density at radius 3 is 3.00 bits per heavy atom. The lowest BCUT2D eigenvalue weighted by atomic mass is 10.1. The molecule has 3 rings (SSSR count). The van der Waals surface area contributed by atoms with Crippen LogP contribution in [0.2, 0.25) is 5.02 Å². The third-order valence-electron chi connectivity index (χ3n) is 2.95. The number of fused-ring (bicyclic) bond motifs is 1. The number of benzene rings is 1. The Morgan fingerprint density at radius 2 is 2.21 bits per heavy atom. The van der Waals surface area contributed by atoms with Crippen LogP contribution in [-0.2, 0) is 0 Å². The minimum atomic E-state index is -0.0776. The SMILES string of the molecule is COc1ccsc1C(=O)c1c[nH]c2cccc(Cl)c12. The van der Waals surface area contributed by atoms with Crippen LogP contribution in [0.4, 0.5) is 0 Å². The molecule has 0 saturated carbocycles. The van der Waals surface area contributed by atoms with Crippen LogP contribution in [-0.4, -0.2) is 17.9 Å². The average Bonchev–Trinajstić information content (AvgIpc) is 3.05. The summed E-state index contributed by atoms with van der Waals surface area (Å²) in [5, 5.41) is 3.16. The van der Waals surface area contributed by atoms with Crippen LogP contribution in [0, 0.1) is 0 Å². The lowest BCUT2D eigenvalue weighted by molar-refractivity contribution is 0.104. The first kappa shape index (κ1) is 12.3. The summed E-state index contributed by atoms with van der Waals surface area (Å²) in [5.41, 5.74) is 1.42. The van der Waals surface area contributed by atoms with Gasteiger partial charge in [-0.25, -0.2) is 0 Å². The van der Waals surface area contributed by atoms with E-state index in [1.807, 2.05) is 17.5 Å². The number of thiophene rings is 1. The van der Waals surface area contributed by atoms with E-state index < -0.39 is 0 Å². The zero-order valence-corrected chi connectivity index (χ0v) is 11.6. The van der Waals surface area contributed by atoms with Gasteiger partial charge >= 0.3 is 0 Å². The molecule has 0 unspecified atom stereocenters. The number of carbonyl (C=O) groups is 1. The predicted octanol–water partition coefficient (Wildman–Crippen LogP) is 4.12. The molecule has 0 amide bonds. The van der Waals surface area contributed by atoms with Crippen molar-refractivity contribution in [3.63, 3.8) is 0 Å². The van der Waals surface area contributed by atoms with Gasteiger partial charge in [-0.1, -0.05) is 17.7 Å². The first-order chi connectivity index (χ1) is 9.22. The van der Waals surface area contributed by atoms with Gasteiger partial charge in [-0.05, 0) is 23.6 Å². The predicted molar refractivity (Wildman–Crippen MR) is 77.6 cm³/mol. The summed E-state index contributed by atoms with van der Waals surface area (Å²) in [6.45, 7) is 0. The number of ether oxygens (including phenoxy) is 1. The molecule has 1 aromatic carbocycles. The summed E-state index contributed by atoms with van der Waals surface area (Å²) in [5.74, 6) is 0.516. The maximum Gasteiger partial charge on any atom is 0.208 e. The van der Waals surface area contributed by atoms with Gasteiger partial charge in [0.05, 0.1) is 17.7 Å². The number of aromatic nitrogens is 1. The molecule has 0 aliphatic heterocycles. The Labute approximate surface area is 118 Å². The number of nitrogens with one attached hydrogen (secondary N) is 1. The minimum absolute atomic E-state index is 0.0776. The second kappa shape index (κ2) is 4.72. The number of hydrogen-bond acceptors (Lipinski definition) is 3. The highest BCUT2D eigenvalue weighted by atomic mass is 35.5. The van der Waals surface area contributed by atoms with E-state index in [0.717, 1.165) is 10.9 Å². The van der Waals surface area contributed by atoms with Gasteiger partial charge in [0.25, 0.3) is 0 Å². The van der Waals surface area contributed by atoms with Gasteiger partial charge in [0.2, 0.25) is 5.78 Å². The van der Waals surface area contributed by atoms with Gasteiger partial charge in [0, 0.05) is 17.1 Å². The monoisotopic (exact) mass is 291 g/mol. The van der Waals surface area contributed by atoms with Crippen molar-refractivity contribution in [3.05, 3.63) is 51.3 Å². The van der Waals surface area contributed by atoms with Gasteiger partial charge in [0.1, 0.15) is 10.6 Å². The van der Waals surface area contributed by atoms with Crippen LogP contribution in [0.1, 0.15) is 15.2 Å². The van der Waals surface area contributed by atoms with Gasteiger partial charge in [-0.2, -0.15) is 0 Å². The number of H-pyrrole nitrogens is 1. The highest BCUT2D eigenvalue weighted by Crippen LogP contribution is 2.32. The van der Waals surface area contributed by atoms with E-state index >= 15 is 0 Å². The van der Waals surface area contributed by atoms with Crippen molar-refractivity contribution < 1.29 is 9.53 Å². The van der Waals surface area contributed by atoms with Crippen molar-refractivity contribution in [2.24, 2.45) is 0 Å². The molecule has 0 saturated heterocycles. The highest BCUT2D eigenvalue weighted by Gasteiger charge is 2.20. The Hall–Kier alpha value is -1.78. The molecule has 3 nitrogen and oxygen atoms in total. The van der Waals surface area contributed by atoms with Crippen molar-refractivity contribution in [1.82, 2.24) is 4.98 Å². The normalized spacial score (nSPS) is 10.8. The zero-order valence-electron chi connectivity index (χ0n) is 10.1. The molecule has 2 heterocycles. The number of aromatic amines is 1. The Balaban J connectivity index is 2.17. The summed E-state index contributed by atoms with van der Waals surface area (Å²) in [7, 11) is 1.56. The second-order valence-electron chi connectivity index (χ2n) is 4.01. The fourth-order valence-electron chi connectivity index (χ4n) is 2.07. The van der Waals surface area contributed by atoms with E-state index in [0.29, 0.717) is 21.2 Å². The molecule has 5 heteroatoms. The van der Waals surface area contributed by atoms with E-state index in [4.69, 9.17) is 16.3 Å². The van der Waals surface area contributed by atoms with Crippen molar-refractivity contribution in [1.29, 1.82) is 0 Å². The third kappa shape index (κ3) is 1.93. The second-order valence-corrected chi connectivity index (χ2v) is 5.34. The van der Waals surface area contributed by atoms with E-state index in [1.54, 1.807) is 25.4 Å². The number of hydrogen-bond donors (Lipinski definition) is 1. The molecule has 2 aromatic heterocycles. The van der Waals surface area contributed by atoms with Crippen molar-refractivity contribution in [2.75, 3.05) is 7.11 Å². The fourth-order valence-corrected chi connectivity index (χ4v) is 3.15.